The molecule has 0 fully saturated rings. The Labute approximate surface area is 129 Å². The third kappa shape index (κ3) is 4.67. The molecule has 0 spiro atoms. The van der Waals surface area contributed by atoms with Gasteiger partial charge in [0.1, 0.15) is 11.9 Å². The van der Waals surface area contributed by atoms with E-state index in [1.165, 1.54) is 12.1 Å². The van der Waals surface area contributed by atoms with E-state index in [0.29, 0.717) is 6.42 Å². The number of benzene rings is 2. The lowest BCUT2D eigenvalue weighted by Crippen LogP contribution is -2.35. The van der Waals surface area contributed by atoms with E-state index in [-0.39, 0.29) is 11.9 Å². The Morgan fingerprint density at radius 1 is 1.18 bits per heavy atom. The van der Waals surface area contributed by atoms with E-state index in [1.54, 1.807) is 18.2 Å². The largest absolute Gasteiger partial charge is 0.480 e. The molecule has 0 aromatic heterocycles. The first-order valence-corrected chi connectivity index (χ1v) is 7.34. The molecular weight excluding hydrogens is 281 g/mol. The Hall–Kier alpha value is -2.20. The summed E-state index contributed by atoms with van der Waals surface area (Å²) >= 11 is 0. The summed E-state index contributed by atoms with van der Waals surface area (Å²) in [5.41, 5.74) is 1.65. The number of aliphatic carboxylic acids is 1. The second-order valence-corrected chi connectivity index (χ2v) is 5.42. The number of aryl methyl sites for hydroxylation is 1. The molecule has 2 N–H and O–H groups in total. The Bertz CT molecular complexity index is 615. The van der Waals surface area contributed by atoms with Crippen LogP contribution < -0.4 is 5.32 Å². The molecule has 0 aliphatic heterocycles. The highest BCUT2D eigenvalue weighted by Crippen LogP contribution is 2.15. The van der Waals surface area contributed by atoms with Crippen LogP contribution in [0.15, 0.2) is 54.6 Å². The van der Waals surface area contributed by atoms with Crippen LogP contribution in [-0.2, 0) is 11.2 Å². The van der Waals surface area contributed by atoms with Crippen molar-refractivity contribution in [2.75, 3.05) is 0 Å². The first-order valence-electron chi connectivity index (χ1n) is 7.34. The molecule has 2 aromatic rings. The van der Waals surface area contributed by atoms with Crippen molar-refractivity contribution in [2.24, 2.45) is 0 Å². The smallest absolute Gasteiger partial charge is 0.325 e. The summed E-state index contributed by atoms with van der Waals surface area (Å²) in [5, 5.41) is 12.5. The van der Waals surface area contributed by atoms with Gasteiger partial charge in [-0.05, 0) is 43.0 Å². The predicted molar refractivity (Wildman–Crippen MR) is 84.1 cm³/mol. The van der Waals surface area contributed by atoms with Crippen molar-refractivity contribution in [1.29, 1.82) is 0 Å². The topological polar surface area (TPSA) is 49.3 Å². The van der Waals surface area contributed by atoms with Gasteiger partial charge in [0.2, 0.25) is 0 Å². The molecule has 0 saturated carbocycles. The highest BCUT2D eigenvalue weighted by Gasteiger charge is 2.21. The van der Waals surface area contributed by atoms with Gasteiger partial charge in [-0.2, -0.15) is 0 Å². The summed E-state index contributed by atoms with van der Waals surface area (Å²) in [4.78, 5) is 11.4. The lowest BCUT2D eigenvalue weighted by atomic mass is 10.0. The lowest BCUT2D eigenvalue weighted by Gasteiger charge is -2.20. The summed E-state index contributed by atoms with van der Waals surface area (Å²) in [6.07, 6.45) is 1.44. The number of carbonyl (C=O) groups is 1. The van der Waals surface area contributed by atoms with Crippen molar-refractivity contribution in [3.05, 3.63) is 71.5 Å². The highest BCUT2D eigenvalue weighted by molar-refractivity contribution is 5.75. The molecule has 2 atom stereocenters. The van der Waals surface area contributed by atoms with Crippen LogP contribution in [0.1, 0.15) is 30.5 Å². The number of nitrogens with one attached hydrogen (secondary N) is 1. The molecule has 3 nitrogen and oxygen atoms in total. The van der Waals surface area contributed by atoms with Gasteiger partial charge in [0.05, 0.1) is 0 Å². The van der Waals surface area contributed by atoms with Crippen molar-refractivity contribution in [3.8, 4) is 0 Å². The van der Waals surface area contributed by atoms with Crippen LogP contribution in [0, 0.1) is 5.82 Å². The summed E-state index contributed by atoms with van der Waals surface area (Å²) in [7, 11) is 0. The third-order valence-electron chi connectivity index (χ3n) is 3.59. The van der Waals surface area contributed by atoms with E-state index in [1.807, 2.05) is 31.2 Å². The maximum absolute atomic E-state index is 13.1. The van der Waals surface area contributed by atoms with Gasteiger partial charge in [-0.3, -0.25) is 10.1 Å². The fourth-order valence-electron chi connectivity index (χ4n) is 2.40. The monoisotopic (exact) mass is 301 g/mol. The van der Waals surface area contributed by atoms with Crippen molar-refractivity contribution in [3.63, 3.8) is 0 Å². The number of hydrogen-bond acceptors (Lipinski definition) is 2. The van der Waals surface area contributed by atoms with Gasteiger partial charge < -0.3 is 5.11 Å². The van der Waals surface area contributed by atoms with Gasteiger partial charge in [0.25, 0.3) is 0 Å². The number of carboxylic acid groups (broad SMARTS) is 1. The van der Waals surface area contributed by atoms with Crippen molar-refractivity contribution >= 4 is 5.97 Å². The Kier molecular flexibility index (Phi) is 5.67. The maximum atomic E-state index is 13.1. The fraction of sp³-hybridized carbons (Fsp3) is 0.278. The van der Waals surface area contributed by atoms with Crippen molar-refractivity contribution < 1.29 is 14.3 Å². The molecule has 1 unspecified atom stereocenters. The van der Waals surface area contributed by atoms with Crippen LogP contribution in [-0.4, -0.2) is 17.1 Å². The second kappa shape index (κ2) is 7.71. The summed E-state index contributed by atoms with van der Waals surface area (Å²) in [5.74, 6) is -1.14. The van der Waals surface area contributed by atoms with Crippen molar-refractivity contribution in [1.82, 2.24) is 5.32 Å². The van der Waals surface area contributed by atoms with Gasteiger partial charge in [0, 0.05) is 6.04 Å². The van der Waals surface area contributed by atoms with Gasteiger partial charge in [-0.25, -0.2) is 4.39 Å². The summed E-state index contributed by atoms with van der Waals surface area (Å²) < 4.78 is 13.1. The molecular formula is C18H20FNO2. The fourth-order valence-corrected chi connectivity index (χ4v) is 2.40. The molecule has 0 heterocycles. The average molecular weight is 301 g/mol. The molecule has 0 radical (unpaired) electrons. The minimum absolute atomic E-state index is 0.00423. The average Bonchev–Trinajstić information content (AvgIpc) is 2.51. The number of halogens is 1. The molecule has 2 rings (SSSR count). The van der Waals surface area contributed by atoms with E-state index in [4.69, 9.17) is 0 Å². The Morgan fingerprint density at radius 2 is 1.91 bits per heavy atom. The molecule has 0 saturated heterocycles. The third-order valence-corrected chi connectivity index (χ3v) is 3.59. The van der Waals surface area contributed by atoms with E-state index < -0.39 is 12.0 Å². The van der Waals surface area contributed by atoms with Gasteiger partial charge in [0.15, 0.2) is 0 Å². The molecule has 116 valence electrons. The number of carboxylic acids is 1. The van der Waals surface area contributed by atoms with E-state index in [0.717, 1.165) is 17.5 Å². The zero-order valence-corrected chi connectivity index (χ0v) is 12.5. The summed E-state index contributed by atoms with van der Waals surface area (Å²) in [6.45, 7) is 1.94. The Balaban J connectivity index is 1.94. The molecule has 0 amide bonds. The van der Waals surface area contributed by atoms with Crippen LogP contribution in [0.3, 0.4) is 0 Å². The number of hydrogen-bond donors (Lipinski definition) is 2. The van der Waals surface area contributed by atoms with Crippen LogP contribution in [0.2, 0.25) is 0 Å². The lowest BCUT2D eigenvalue weighted by molar-refractivity contribution is -0.139. The van der Waals surface area contributed by atoms with E-state index in [2.05, 4.69) is 5.32 Å². The molecule has 22 heavy (non-hydrogen) atoms. The molecule has 0 aliphatic rings. The minimum Gasteiger partial charge on any atom is -0.480 e. The molecule has 4 heteroatoms. The quantitative estimate of drug-likeness (QED) is 0.822. The van der Waals surface area contributed by atoms with Gasteiger partial charge >= 0.3 is 5.97 Å². The van der Waals surface area contributed by atoms with Crippen LogP contribution in [0.5, 0.6) is 0 Å². The first-order chi connectivity index (χ1) is 10.6. The SMILES string of the molecule is CC(CCc1cccc(F)c1)N[C@@H](C(=O)O)c1ccccc1. The normalized spacial score (nSPS) is 13.5. The molecule has 2 aromatic carbocycles. The Morgan fingerprint density at radius 3 is 2.55 bits per heavy atom. The van der Waals surface area contributed by atoms with Crippen LogP contribution in [0.4, 0.5) is 4.39 Å². The second-order valence-electron chi connectivity index (χ2n) is 5.42. The van der Waals surface area contributed by atoms with Crippen LogP contribution >= 0.6 is 0 Å². The first kappa shape index (κ1) is 16.2. The number of rotatable bonds is 7. The standard InChI is InChI=1S/C18H20FNO2/c1-13(10-11-14-6-5-9-16(19)12-14)20-17(18(21)22)15-7-3-2-4-8-15/h2-9,12-13,17,20H,10-11H2,1H3,(H,21,22)/t13?,17-/m1/s1. The van der Waals surface area contributed by atoms with Gasteiger partial charge in [-0.1, -0.05) is 42.5 Å². The van der Waals surface area contributed by atoms with E-state index in [9.17, 15) is 14.3 Å². The maximum Gasteiger partial charge on any atom is 0.325 e. The van der Waals surface area contributed by atoms with Crippen molar-refractivity contribution in [2.45, 2.75) is 31.8 Å². The minimum atomic E-state index is -0.899. The molecule has 0 aliphatic carbocycles. The molecule has 0 bridgehead atoms. The van der Waals surface area contributed by atoms with Gasteiger partial charge in [-0.15, -0.1) is 0 Å². The highest BCUT2D eigenvalue weighted by atomic mass is 19.1. The van der Waals surface area contributed by atoms with Crippen LogP contribution in [0.25, 0.3) is 0 Å². The zero-order chi connectivity index (χ0) is 15.9. The predicted octanol–water partition coefficient (Wildman–Crippen LogP) is 3.56. The zero-order valence-electron chi connectivity index (χ0n) is 12.5. The summed E-state index contributed by atoms with van der Waals surface area (Å²) in [6, 6.07) is 14.9. The van der Waals surface area contributed by atoms with E-state index >= 15 is 0 Å².